The molecule has 1 saturated heterocycles. The predicted octanol–water partition coefficient (Wildman–Crippen LogP) is 11.7. The summed E-state index contributed by atoms with van der Waals surface area (Å²) in [6, 6.07) is 12.3. The van der Waals surface area contributed by atoms with E-state index in [2.05, 4.69) is 79.1 Å². The number of benzene rings is 2. The van der Waals surface area contributed by atoms with E-state index in [-0.39, 0.29) is 5.83 Å². The largest absolute Gasteiger partial charge is 0.379 e. The third-order valence-corrected chi connectivity index (χ3v) is 7.34. The van der Waals surface area contributed by atoms with E-state index in [9.17, 15) is 4.39 Å². The molecule has 2 heterocycles. The Hall–Kier alpha value is -3.54. The first-order valence-electron chi connectivity index (χ1n) is 15.6. The molecular formula is C38H49ClFN3O. The lowest BCUT2D eigenvalue weighted by Gasteiger charge is -2.13. The summed E-state index contributed by atoms with van der Waals surface area (Å²) in [6.07, 6.45) is 19.5. The maximum Gasteiger partial charge on any atom is 0.141 e. The molecule has 236 valence electrons. The maximum atomic E-state index is 12.0. The van der Waals surface area contributed by atoms with E-state index in [1.165, 1.54) is 59.8 Å². The molecule has 1 fully saturated rings. The van der Waals surface area contributed by atoms with Crippen molar-refractivity contribution in [1.29, 1.82) is 0 Å². The van der Waals surface area contributed by atoms with Crippen LogP contribution >= 0.6 is 11.6 Å². The third kappa shape index (κ3) is 13.0. The molecule has 1 unspecified atom stereocenters. The molecule has 1 aliphatic heterocycles. The molecule has 2 aliphatic rings. The van der Waals surface area contributed by atoms with Crippen LogP contribution in [0, 0.1) is 6.92 Å². The number of halogens is 2. The lowest BCUT2D eigenvalue weighted by atomic mass is 9.96. The van der Waals surface area contributed by atoms with Gasteiger partial charge in [-0.1, -0.05) is 91.2 Å². The molecule has 4 nitrogen and oxygen atoms in total. The van der Waals surface area contributed by atoms with Crippen LogP contribution in [0.4, 0.5) is 15.9 Å². The van der Waals surface area contributed by atoms with Crippen molar-refractivity contribution in [3.05, 3.63) is 119 Å². The average molecular weight is 618 g/mol. The monoisotopic (exact) mass is 617 g/mol. The van der Waals surface area contributed by atoms with Gasteiger partial charge in [-0.05, 0) is 102 Å². The van der Waals surface area contributed by atoms with Crippen molar-refractivity contribution in [3.63, 3.8) is 0 Å². The maximum absolute atomic E-state index is 12.0. The van der Waals surface area contributed by atoms with E-state index in [1.54, 1.807) is 19.3 Å². The van der Waals surface area contributed by atoms with Crippen LogP contribution in [0.1, 0.15) is 77.8 Å². The van der Waals surface area contributed by atoms with E-state index in [0.29, 0.717) is 6.10 Å². The summed E-state index contributed by atoms with van der Waals surface area (Å²) in [6.45, 7) is 16.4. The summed E-state index contributed by atoms with van der Waals surface area (Å²) in [5.74, 6) is 0.565. The Bertz CT molecular complexity index is 1450. The molecule has 0 saturated carbocycles. The van der Waals surface area contributed by atoms with E-state index < -0.39 is 0 Å². The number of nitrogens with one attached hydrogen (secondary N) is 1. The number of hydrogen-bond acceptors (Lipinski definition) is 4. The highest BCUT2D eigenvalue weighted by atomic mass is 35.5. The van der Waals surface area contributed by atoms with Crippen molar-refractivity contribution >= 4 is 34.0 Å². The zero-order valence-electron chi connectivity index (χ0n) is 27.3. The van der Waals surface area contributed by atoms with Gasteiger partial charge in [-0.3, -0.25) is 0 Å². The van der Waals surface area contributed by atoms with Gasteiger partial charge in [-0.25, -0.2) is 14.4 Å². The zero-order chi connectivity index (χ0) is 32.3. The van der Waals surface area contributed by atoms with Crippen LogP contribution in [0.25, 0.3) is 10.9 Å². The molecule has 1 atom stereocenters. The predicted molar refractivity (Wildman–Crippen MR) is 189 cm³/mol. The first-order chi connectivity index (χ1) is 21.3. The van der Waals surface area contributed by atoms with Gasteiger partial charge in [0.25, 0.3) is 0 Å². The lowest BCUT2D eigenvalue weighted by molar-refractivity contribution is 0.125. The zero-order valence-corrected chi connectivity index (χ0v) is 28.1. The quantitative estimate of drug-likeness (QED) is 0.268. The van der Waals surface area contributed by atoms with Gasteiger partial charge in [-0.2, -0.15) is 0 Å². The second kappa shape index (κ2) is 20.4. The van der Waals surface area contributed by atoms with Crippen LogP contribution in [-0.2, 0) is 11.2 Å². The molecule has 44 heavy (non-hydrogen) atoms. The molecule has 0 spiro atoms. The molecular weight excluding hydrogens is 569 g/mol. The number of ether oxygens (including phenoxy) is 1. The van der Waals surface area contributed by atoms with Crippen LogP contribution in [0.3, 0.4) is 0 Å². The molecule has 6 heteroatoms. The van der Waals surface area contributed by atoms with Crippen molar-refractivity contribution < 1.29 is 9.13 Å². The van der Waals surface area contributed by atoms with Crippen molar-refractivity contribution in [1.82, 2.24) is 9.97 Å². The van der Waals surface area contributed by atoms with Gasteiger partial charge >= 0.3 is 0 Å². The number of nitrogens with zero attached hydrogens (tertiary/aromatic N) is 2. The molecule has 1 aliphatic carbocycles. The highest BCUT2D eigenvalue weighted by Gasteiger charge is 2.09. The fraction of sp³-hybridized carbons (Fsp3) is 0.368. The fourth-order valence-electron chi connectivity index (χ4n) is 4.62. The Balaban J connectivity index is 0.000000347. The lowest BCUT2D eigenvalue weighted by Crippen LogP contribution is -1.98. The van der Waals surface area contributed by atoms with Crippen molar-refractivity contribution in [3.8, 4) is 0 Å². The SMILES string of the molecule is C=C/C=C\C(F)=C/C.CC.CC1=CC(CCc2ccc(Nc3ncnc4ccc(C)cc34)cc2Cl)=CCC1.CC1CCCO1. The van der Waals surface area contributed by atoms with Crippen molar-refractivity contribution in [2.24, 2.45) is 0 Å². The number of fused-ring (bicyclic) bond motifs is 1. The number of rotatable bonds is 7. The summed E-state index contributed by atoms with van der Waals surface area (Å²) < 4.78 is 17.2. The molecule has 2 aromatic carbocycles. The van der Waals surface area contributed by atoms with Gasteiger partial charge in [-0.15, -0.1) is 0 Å². The van der Waals surface area contributed by atoms with E-state index >= 15 is 0 Å². The van der Waals surface area contributed by atoms with E-state index in [0.717, 1.165) is 53.3 Å². The van der Waals surface area contributed by atoms with Crippen LogP contribution in [0.15, 0.2) is 103 Å². The van der Waals surface area contributed by atoms with Gasteiger partial charge in [0.15, 0.2) is 0 Å². The minimum Gasteiger partial charge on any atom is -0.379 e. The Labute approximate surface area is 269 Å². The minimum atomic E-state index is -0.232. The highest BCUT2D eigenvalue weighted by molar-refractivity contribution is 6.31. The molecule has 0 amide bonds. The van der Waals surface area contributed by atoms with E-state index in [1.807, 2.05) is 26.0 Å². The smallest absolute Gasteiger partial charge is 0.141 e. The van der Waals surface area contributed by atoms with Gasteiger partial charge in [0.2, 0.25) is 0 Å². The molecule has 0 radical (unpaired) electrons. The topological polar surface area (TPSA) is 47.0 Å². The summed E-state index contributed by atoms with van der Waals surface area (Å²) in [4.78, 5) is 8.76. The first-order valence-corrected chi connectivity index (χ1v) is 16.0. The minimum absolute atomic E-state index is 0.232. The van der Waals surface area contributed by atoms with Crippen molar-refractivity contribution in [2.75, 3.05) is 11.9 Å². The number of hydrogen-bond donors (Lipinski definition) is 1. The van der Waals surface area contributed by atoms with Crippen LogP contribution in [0.2, 0.25) is 5.02 Å². The Morgan fingerprint density at radius 2 is 1.93 bits per heavy atom. The Morgan fingerprint density at radius 3 is 2.55 bits per heavy atom. The van der Waals surface area contributed by atoms with Crippen LogP contribution in [-0.4, -0.2) is 22.7 Å². The van der Waals surface area contributed by atoms with Crippen molar-refractivity contribution in [2.45, 2.75) is 86.2 Å². The number of anilines is 2. The van der Waals surface area contributed by atoms with Gasteiger partial charge in [0, 0.05) is 22.7 Å². The standard InChI is InChI=1S/C24H24ClN3.C7H9F.C5H10O.C2H6/c1-16-4-3-5-18(12-16)7-8-19-9-10-20(14-22(19)25)28-24-21-13-17(2)6-11-23(21)26-15-27-24;1-3-5-6-7(8)4-2;1-5-3-2-4-6-5;1-2/h5-6,9-15H,3-4,7-8H2,1-2H3,(H,26,27,28);3-6H,1H2,2H3;5H,2-4H2,1H3;1-2H3/b;6-5-,7-4+;;. The van der Waals surface area contributed by atoms with E-state index in [4.69, 9.17) is 16.3 Å². The normalized spacial score (nSPS) is 16.0. The molecule has 1 N–H and O–H groups in total. The second-order valence-electron chi connectivity index (χ2n) is 10.6. The average Bonchev–Trinajstić information content (AvgIpc) is 3.52. The Kier molecular flexibility index (Phi) is 17.0. The van der Waals surface area contributed by atoms with Gasteiger partial charge in [0.05, 0.1) is 11.6 Å². The third-order valence-electron chi connectivity index (χ3n) is 6.99. The fourth-order valence-corrected chi connectivity index (χ4v) is 4.89. The number of allylic oxidation sites excluding steroid dienone is 9. The number of aryl methyl sites for hydroxylation is 2. The summed E-state index contributed by atoms with van der Waals surface area (Å²) in [7, 11) is 0. The van der Waals surface area contributed by atoms with Crippen LogP contribution in [0.5, 0.6) is 0 Å². The summed E-state index contributed by atoms with van der Waals surface area (Å²) in [5.41, 5.74) is 7.10. The summed E-state index contributed by atoms with van der Waals surface area (Å²) >= 11 is 6.58. The first kappa shape index (κ1) is 36.7. The Morgan fingerprint density at radius 1 is 1.14 bits per heavy atom. The molecule has 5 rings (SSSR count). The summed E-state index contributed by atoms with van der Waals surface area (Å²) in [5, 5.41) is 5.19. The second-order valence-corrected chi connectivity index (χ2v) is 11.0. The highest BCUT2D eigenvalue weighted by Crippen LogP contribution is 2.29. The molecule has 1 aromatic heterocycles. The molecule has 3 aromatic rings. The van der Waals surface area contributed by atoms with Gasteiger partial charge < -0.3 is 10.1 Å². The van der Waals surface area contributed by atoms with Crippen LogP contribution < -0.4 is 5.32 Å². The number of aromatic nitrogens is 2. The van der Waals surface area contributed by atoms with Gasteiger partial charge in [0.1, 0.15) is 18.0 Å². The molecule has 0 bridgehead atoms.